The lowest BCUT2D eigenvalue weighted by atomic mass is 10.2. The fraction of sp³-hybridized carbons (Fsp3) is 0.0769. The summed E-state index contributed by atoms with van der Waals surface area (Å²) in [5.41, 5.74) is 0.828. The molecule has 0 spiro atoms. The maximum Gasteiger partial charge on any atom is 0.123 e. The zero-order chi connectivity index (χ0) is 13.0. The summed E-state index contributed by atoms with van der Waals surface area (Å²) in [5, 5.41) is 11.2. The Balaban J connectivity index is 2.13. The smallest absolute Gasteiger partial charge is 0.123 e. The fourth-order valence-electron chi connectivity index (χ4n) is 1.44. The number of pyridine rings is 1. The van der Waals surface area contributed by atoms with Gasteiger partial charge in [0.15, 0.2) is 0 Å². The highest BCUT2D eigenvalue weighted by Crippen LogP contribution is 2.23. The predicted octanol–water partition coefficient (Wildman–Crippen LogP) is 1.88. The number of halogens is 1. The Bertz CT molecular complexity index is 574. The van der Waals surface area contributed by atoms with E-state index in [0.717, 1.165) is 5.56 Å². The molecule has 2 aromatic rings. The number of carboxylic acids is 1. The Kier molecular flexibility index (Phi) is 3.94. The first kappa shape index (κ1) is 12.6. The molecular weight excluding hydrogens is 253 g/mol. The van der Waals surface area contributed by atoms with Gasteiger partial charge in [-0.3, -0.25) is 0 Å². The van der Waals surface area contributed by atoms with Crippen molar-refractivity contribution in [3.05, 3.63) is 59.5 Å². The van der Waals surface area contributed by atoms with Crippen LogP contribution in [0.2, 0.25) is 0 Å². The van der Waals surface area contributed by atoms with E-state index in [2.05, 4.69) is 4.98 Å². The van der Waals surface area contributed by atoms with Crippen LogP contribution in [-0.4, -0.2) is 11.0 Å². The topological polar surface area (TPSA) is 53.0 Å². The number of aromatic nitrogens is 1. The zero-order valence-electron chi connectivity index (χ0n) is 9.30. The molecule has 0 saturated heterocycles. The van der Waals surface area contributed by atoms with Gasteiger partial charge < -0.3 is 9.90 Å². The van der Waals surface area contributed by atoms with Crippen molar-refractivity contribution in [3.8, 4) is 0 Å². The molecule has 3 nitrogen and oxygen atoms in total. The van der Waals surface area contributed by atoms with E-state index in [0.29, 0.717) is 10.8 Å². The average molecular weight is 262 g/mol. The van der Waals surface area contributed by atoms with Crippen molar-refractivity contribution < 1.29 is 14.3 Å². The van der Waals surface area contributed by atoms with Crippen LogP contribution in [0.15, 0.2) is 47.6 Å². The van der Waals surface area contributed by atoms with Crippen molar-refractivity contribution in [3.63, 3.8) is 0 Å². The number of hydrogen-bond acceptors (Lipinski definition) is 4. The van der Waals surface area contributed by atoms with E-state index in [1.54, 1.807) is 12.1 Å². The molecular formula is C13H9FNO2S-. The molecule has 0 fully saturated rings. The number of thioether (sulfide) groups is 1. The molecule has 18 heavy (non-hydrogen) atoms. The third kappa shape index (κ3) is 3.07. The summed E-state index contributed by atoms with van der Waals surface area (Å²) in [5.74, 6) is -1.12. The summed E-state index contributed by atoms with van der Waals surface area (Å²) >= 11 is 1.24. The lowest BCUT2D eigenvalue weighted by molar-refractivity contribution is -0.255. The summed E-state index contributed by atoms with van der Waals surface area (Å²) in [6, 6.07) is 9.14. The first-order chi connectivity index (χ1) is 8.66. The molecule has 0 saturated carbocycles. The molecule has 1 aromatic carbocycles. The molecule has 1 heterocycles. The highest BCUT2D eigenvalue weighted by molar-refractivity contribution is 7.98. The van der Waals surface area contributed by atoms with Crippen LogP contribution in [0.3, 0.4) is 0 Å². The normalized spacial score (nSPS) is 10.3. The maximum absolute atomic E-state index is 13.0. The number of hydrogen-bond donors (Lipinski definition) is 0. The number of carbonyl (C=O) groups excluding carboxylic acids is 1. The molecule has 0 amide bonds. The Morgan fingerprint density at radius 2 is 2.17 bits per heavy atom. The lowest BCUT2D eigenvalue weighted by Gasteiger charge is -2.08. The van der Waals surface area contributed by atoms with Crippen molar-refractivity contribution in [2.45, 2.75) is 10.8 Å². The second-order valence-electron chi connectivity index (χ2n) is 3.56. The average Bonchev–Trinajstić information content (AvgIpc) is 2.37. The molecule has 5 heteroatoms. The molecule has 1 aromatic heterocycles. The molecule has 0 bridgehead atoms. The number of rotatable bonds is 4. The van der Waals surface area contributed by atoms with Gasteiger partial charge >= 0.3 is 0 Å². The molecule has 92 valence electrons. The van der Waals surface area contributed by atoms with Crippen LogP contribution in [-0.2, 0) is 5.75 Å². The minimum atomic E-state index is -1.26. The zero-order valence-corrected chi connectivity index (χ0v) is 10.1. The lowest BCUT2D eigenvalue weighted by Crippen LogP contribution is -2.23. The molecule has 0 aliphatic carbocycles. The van der Waals surface area contributed by atoms with Crippen LogP contribution in [0.5, 0.6) is 0 Å². The monoisotopic (exact) mass is 262 g/mol. The number of benzene rings is 1. The Morgan fingerprint density at radius 3 is 2.89 bits per heavy atom. The highest BCUT2D eigenvalue weighted by Gasteiger charge is 2.05. The molecule has 0 N–H and O–H groups in total. The van der Waals surface area contributed by atoms with Gasteiger partial charge in [-0.15, -0.1) is 11.8 Å². The number of carboxylic acid groups (broad SMARTS) is 1. The van der Waals surface area contributed by atoms with E-state index in [-0.39, 0.29) is 11.4 Å². The Labute approximate surface area is 108 Å². The van der Waals surface area contributed by atoms with Crippen LogP contribution in [0.4, 0.5) is 4.39 Å². The van der Waals surface area contributed by atoms with Crippen molar-refractivity contribution in [2.75, 3.05) is 0 Å². The third-order valence-electron chi connectivity index (χ3n) is 2.26. The minimum absolute atomic E-state index is 0.0545. The summed E-state index contributed by atoms with van der Waals surface area (Å²) in [4.78, 5) is 14.8. The van der Waals surface area contributed by atoms with E-state index < -0.39 is 5.97 Å². The molecule has 0 unspecified atom stereocenters. The van der Waals surface area contributed by atoms with Crippen molar-refractivity contribution >= 4 is 17.7 Å². The highest BCUT2D eigenvalue weighted by atomic mass is 32.2. The van der Waals surface area contributed by atoms with Gasteiger partial charge in [0, 0.05) is 17.5 Å². The number of carbonyl (C=O) groups is 1. The van der Waals surface area contributed by atoms with Crippen LogP contribution >= 0.6 is 11.8 Å². The number of aromatic carboxylic acids is 1. The predicted molar refractivity (Wildman–Crippen MR) is 64.5 cm³/mol. The van der Waals surface area contributed by atoms with Gasteiger partial charge in [-0.2, -0.15) is 0 Å². The van der Waals surface area contributed by atoms with Gasteiger partial charge in [0.05, 0.1) is 5.97 Å². The fourth-order valence-corrected chi connectivity index (χ4v) is 2.36. The standard InChI is InChI=1S/C13H10FNO2S/c14-10-4-1-3-9(7-10)8-18-12-11(13(16)17)5-2-6-15-12/h1-7H,8H2,(H,16,17)/p-1. The first-order valence-corrected chi connectivity index (χ1v) is 6.19. The summed E-state index contributed by atoms with van der Waals surface area (Å²) < 4.78 is 13.0. The van der Waals surface area contributed by atoms with E-state index in [1.165, 1.54) is 42.2 Å². The molecule has 0 atom stereocenters. The molecule has 0 aliphatic heterocycles. The van der Waals surface area contributed by atoms with E-state index in [1.807, 2.05) is 0 Å². The third-order valence-corrected chi connectivity index (χ3v) is 3.33. The van der Waals surface area contributed by atoms with Gasteiger partial charge in [0.2, 0.25) is 0 Å². The van der Waals surface area contributed by atoms with Crippen LogP contribution < -0.4 is 5.11 Å². The molecule has 0 radical (unpaired) electrons. The van der Waals surface area contributed by atoms with Crippen molar-refractivity contribution in [2.24, 2.45) is 0 Å². The molecule has 2 rings (SSSR count). The van der Waals surface area contributed by atoms with E-state index in [4.69, 9.17) is 0 Å². The van der Waals surface area contributed by atoms with Gasteiger partial charge in [-0.25, -0.2) is 9.37 Å². The van der Waals surface area contributed by atoms with Crippen molar-refractivity contribution in [1.82, 2.24) is 4.98 Å². The van der Waals surface area contributed by atoms with Crippen LogP contribution in [0.25, 0.3) is 0 Å². The second-order valence-corrected chi connectivity index (χ2v) is 4.53. The van der Waals surface area contributed by atoms with E-state index >= 15 is 0 Å². The Morgan fingerprint density at radius 1 is 1.33 bits per heavy atom. The summed E-state index contributed by atoms with van der Waals surface area (Å²) in [7, 11) is 0. The maximum atomic E-state index is 13.0. The van der Waals surface area contributed by atoms with Gasteiger partial charge in [0.1, 0.15) is 10.8 Å². The van der Waals surface area contributed by atoms with Gasteiger partial charge in [-0.1, -0.05) is 12.1 Å². The van der Waals surface area contributed by atoms with Crippen LogP contribution in [0.1, 0.15) is 15.9 Å². The van der Waals surface area contributed by atoms with Crippen molar-refractivity contribution in [1.29, 1.82) is 0 Å². The van der Waals surface area contributed by atoms with Crippen LogP contribution in [0, 0.1) is 5.82 Å². The van der Waals surface area contributed by atoms with Gasteiger partial charge in [0.25, 0.3) is 0 Å². The molecule has 0 aliphatic rings. The number of nitrogens with zero attached hydrogens (tertiary/aromatic N) is 1. The quantitative estimate of drug-likeness (QED) is 0.789. The largest absolute Gasteiger partial charge is 0.545 e. The second kappa shape index (κ2) is 5.64. The Hall–Kier alpha value is -1.88. The summed E-state index contributed by atoms with van der Waals surface area (Å²) in [6.45, 7) is 0. The summed E-state index contributed by atoms with van der Waals surface area (Å²) in [6.07, 6.45) is 1.51. The SMILES string of the molecule is O=C([O-])c1cccnc1SCc1cccc(F)c1. The first-order valence-electron chi connectivity index (χ1n) is 5.20. The minimum Gasteiger partial charge on any atom is -0.545 e. The van der Waals surface area contributed by atoms with E-state index in [9.17, 15) is 14.3 Å². The van der Waals surface area contributed by atoms with Gasteiger partial charge in [-0.05, 0) is 29.8 Å².